The fourth-order valence-corrected chi connectivity index (χ4v) is 3.24. The lowest BCUT2D eigenvalue weighted by molar-refractivity contribution is 0.617. The van der Waals surface area contributed by atoms with E-state index in [0.717, 1.165) is 22.0 Å². The van der Waals surface area contributed by atoms with Crippen molar-refractivity contribution in [1.29, 1.82) is 0 Å². The van der Waals surface area contributed by atoms with Crippen LogP contribution in [0.1, 0.15) is 0 Å². The van der Waals surface area contributed by atoms with E-state index < -0.39 is 0 Å². The molecule has 0 aliphatic heterocycles. The van der Waals surface area contributed by atoms with E-state index in [4.69, 9.17) is 4.42 Å². The summed E-state index contributed by atoms with van der Waals surface area (Å²) >= 11 is 0. The summed E-state index contributed by atoms with van der Waals surface area (Å²) in [6.45, 7) is 0. The predicted octanol–water partition coefficient (Wildman–Crippen LogP) is 5.73. The molecule has 0 fully saturated rings. The van der Waals surface area contributed by atoms with Crippen LogP contribution in [0.4, 0.5) is 0 Å². The third-order valence-electron chi connectivity index (χ3n) is 4.30. The second-order valence-electron chi connectivity index (χ2n) is 5.58. The number of para-hydroxylation sites is 2. The lowest BCUT2D eigenvalue weighted by Crippen LogP contribution is -1.79. The van der Waals surface area contributed by atoms with Gasteiger partial charge in [-0.2, -0.15) is 0 Å². The number of hydrogen-bond acceptors (Lipinski definition) is 1. The van der Waals surface area contributed by atoms with Crippen molar-refractivity contribution < 1.29 is 4.42 Å². The third-order valence-corrected chi connectivity index (χ3v) is 4.30. The Bertz CT molecular complexity index is 1130. The molecular formula is C20H13NO. The lowest BCUT2D eigenvalue weighted by atomic mass is 10.0. The molecule has 0 bridgehead atoms. The average Bonchev–Trinajstić information content (AvgIpc) is 3.18. The van der Waals surface area contributed by atoms with E-state index in [1.165, 1.54) is 21.9 Å². The molecule has 2 heterocycles. The molecule has 2 heteroatoms. The van der Waals surface area contributed by atoms with Gasteiger partial charge in [-0.05, 0) is 23.8 Å². The van der Waals surface area contributed by atoms with Crippen LogP contribution in [-0.4, -0.2) is 4.98 Å². The van der Waals surface area contributed by atoms with Crippen molar-refractivity contribution in [2.45, 2.75) is 0 Å². The lowest BCUT2D eigenvalue weighted by Gasteiger charge is -2.03. The Kier molecular flexibility index (Phi) is 2.25. The highest BCUT2D eigenvalue weighted by atomic mass is 16.3. The number of nitrogens with one attached hydrogen (secondary N) is 1. The molecule has 0 saturated carbocycles. The molecule has 0 atom stereocenters. The molecule has 3 aromatic carbocycles. The third kappa shape index (κ3) is 1.55. The summed E-state index contributed by atoms with van der Waals surface area (Å²) in [5.41, 5.74) is 5.56. The van der Waals surface area contributed by atoms with Crippen LogP contribution in [-0.2, 0) is 0 Å². The number of benzene rings is 3. The molecule has 2 aromatic heterocycles. The van der Waals surface area contributed by atoms with E-state index in [1.807, 2.05) is 6.07 Å². The standard InChI is InChI=1S/C20H13NO/c1-2-7-18-16(5-1)17-9-8-14(12-19(17)21-18)15-6-3-4-13-10-11-22-20(13)15/h1-12,21H. The van der Waals surface area contributed by atoms with Gasteiger partial charge < -0.3 is 9.40 Å². The second kappa shape index (κ2) is 4.25. The van der Waals surface area contributed by atoms with Crippen LogP contribution in [0, 0.1) is 0 Å². The van der Waals surface area contributed by atoms with Gasteiger partial charge in [0.15, 0.2) is 0 Å². The fraction of sp³-hybridized carbons (Fsp3) is 0. The van der Waals surface area contributed by atoms with E-state index in [9.17, 15) is 0 Å². The minimum atomic E-state index is 0.943. The summed E-state index contributed by atoms with van der Waals surface area (Å²) in [7, 11) is 0. The second-order valence-corrected chi connectivity index (χ2v) is 5.58. The van der Waals surface area contributed by atoms with Gasteiger partial charge in [0.2, 0.25) is 0 Å². The van der Waals surface area contributed by atoms with E-state index in [2.05, 4.69) is 65.6 Å². The van der Waals surface area contributed by atoms with Gasteiger partial charge in [0.1, 0.15) is 5.58 Å². The van der Waals surface area contributed by atoms with Crippen molar-refractivity contribution in [3.8, 4) is 11.1 Å². The van der Waals surface area contributed by atoms with Gasteiger partial charge >= 0.3 is 0 Å². The molecule has 1 N–H and O–H groups in total. The molecule has 0 aliphatic carbocycles. The Morgan fingerprint density at radius 1 is 0.727 bits per heavy atom. The molecule has 5 rings (SSSR count). The highest BCUT2D eigenvalue weighted by Crippen LogP contribution is 2.33. The van der Waals surface area contributed by atoms with Gasteiger partial charge in [-0.15, -0.1) is 0 Å². The summed E-state index contributed by atoms with van der Waals surface area (Å²) in [5.74, 6) is 0. The minimum Gasteiger partial charge on any atom is -0.464 e. The maximum atomic E-state index is 5.66. The van der Waals surface area contributed by atoms with Crippen molar-refractivity contribution in [3.05, 3.63) is 73.0 Å². The van der Waals surface area contributed by atoms with Gasteiger partial charge in [-0.1, -0.05) is 48.5 Å². The molecule has 0 radical (unpaired) electrons. The van der Waals surface area contributed by atoms with Crippen LogP contribution in [0.3, 0.4) is 0 Å². The molecule has 0 amide bonds. The van der Waals surface area contributed by atoms with E-state index in [1.54, 1.807) is 6.26 Å². The smallest absolute Gasteiger partial charge is 0.141 e. The summed E-state index contributed by atoms with van der Waals surface area (Å²) in [4.78, 5) is 3.50. The Hall–Kier alpha value is -3.00. The van der Waals surface area contributed by atoms with Crippen molar-refractivity contribution in [2.24, 2.45) is 0 Å². The quantitative estimate of drug-likeness (QED) is 0.418. The van der Waals surface area contributed by atoms with Crippen LogP contribution < -0.4 is 0 Å². The first-order valence-electron chi connectivity index (χ1n) is 7.37. The highest BCUT2D eigenvalue weighted by Gasteiger charge is 2.09. The van der Waals surface area contributed by atoms with E-state index in [0.29, 0.717) is 0 Å². The average molecular weight is 283 g/mol. The van der Waals surface area contributed by atoms with Crippen LogP contribution >= 0.6 is 0 Å². The Balaban J connectivity index is 1.82. The van der Waals surface area contributed by atoms with Gasteiger partial charge in [-0.3, -0.25) is 0 Å². The van der Waals surface area contributed by atoms with Crippen LogP contribution in [0.15, 0.2) is 77.4 Å². The summed E-state index contributed by atoms with van der Waals surface area (Å²) in [6, 6.07) is 23.2. The normalized spacial score (nSPS) is 11.6. The molecule has 0 unspecified atom stereocenters. The zero-order chi connectivity index (χ0) is 14.5. The maximum Gasteiger partial charge on any atom is 0.141 e. The monoisotopic (exact) mass is 283 g/mol. The molecule has 0 spiro atoms. The number of aromatic nitrogens is 1. The number of H-pyrrole nitrogens is 1. The SMILES string of the molecule is c1cc(-c2ccc3c(c2)[nH]c2ccccc23)c2occc2c1. The van der Waals surface area contributed by atoms with Gasteiger partial charge in [0, 0.05) is 32.8 Å². The Labute approximate surface area is 127 Å². The number of fused-ring (bicyclic) bond motifs is 4. The summed E-state index contributed by atoms with van der Waals surface area (Å²) in [5, 5.41) is 3.65. The molecule has 5 aromatic rings. The molecule has 22 heavy (non-hydrogen) atoms. The number of furan rings is 1. The molecule has 0 saturated heterocycles. The molecule has 0 aliphatic rings. The van der Waals surface area contributed by atoms with Crippen molar-refractivity contribution >= 4 is 32.8 Å². The fourth-order valence-electron chi connectivity index (χ4n) is 3.24. The zero-order valence-electron chi connectivity index (χ0n) is 11.8. The van der Waals surface area contributed by atoms with Crippen molar-refractivity contribution in [3.63, 3.8) is 0 Å². The van der Waals surface area contributed by atoms with Crippen molar-refractivity contribution in [2.75, 3.05) is 0 Å². The first kappa shape index (κ1) is 11.6. The number of rotatable bonds is 1. The highest BCUT2D eigenvalue weighted by molar-refractivity contribution is 6.08. The molecule has 104 valence electrons. The maximum absolute atomic E-state index is 5.66. The number of aromatic amines is 1. The zero-order valence-corrected chi connectivity index (χ0v) is 11.8. The topological polar surface area (TPSA) is 28.9 Å². The Morgan fingerprint density at radius 2 is 1.64 bits per heavy atom. The van der Waals surface area contributed by atoms with Crippen LogP contribution in [0.2, 0.25) is 0 Å². The van der Waals surface area contributed by atoms with Gasteiger partial charge in [0.25, 0.3) is 0 Å². The van der Waals surface area contributed by atoms with E-state index in [-0.39, 0.29) is 0 Å². The predicted molar refractivity (Wildman–Crippen MR) is 91.0 cm³/mol. The van der Waals surface area contributed by atoms with Crippen LogP contribution in [0.5, 0.6) is 0 Å². The number of hydrogen-bond donors (Lipinski definition) is 1. The van der Waals surface area contributed by atoms with Gasteiger partial charge in [0.05, 0.1) is 6.26 Å². The first-order valence-corrected chi connectivity index (χ1v) is 7.37. The Morgan fingerprint density at radius 3 is 2.64 bits per heavy atom. The largest absolute Gasteiger partial charge is 0.464 e. The summed E-state index contributed by atoms with van der Waals surface area (Å²) in [6.07, 6.45) is 1.75. The van der Waals surface area contributed by atoms with E-state index >= 15 is 0 Å². The van der Waals surface area contributed by atoms with Gasteiger partial charge in [-0.25, -0.2) is 0 Å². The molecular weight excluding hydrogens is 270 g/mol. The van der Waals surface area contributed by atoms with Crippen LogP contribution in [0.25, 0.3) is 43.9 Å². The summed E-state index contributed by atoms with van der Waals surface area (Å²) < 4.78 is 5.66. The molecule has 2 nitrogen and oxygen atoms in total. The first-order chi connectivity index (χ1) is 10.9. The minimum absolute atomic E-state index is 0.943. The van der Waals surface area contributed by atoms with Crippen molar-refractivity contribution in [1.82, 2.24) is 4.98 Å².